The number of hydrogen-bond acceptors (Lipinski definition) is 4. The van der Waals surface area contributed by atoms with Crippen molar-refractivity contribution in [1.29, 1.82) is 0 Å². The fourth-order valence-electron chi connectivity index (χ4n) is 3.15. The number of benzene rings is 2. The van der Waals surface area contributed by atoms with E-state index in [0.29, 0.717) is 22.3 Å². The SMILES string of the molecule is Cc1c(C(C)NC(=O)C(=O)Nc2ccccc2C(=O)N(C)C)oc2ccc(F)cc12. The zero-order chi connectivity index (χ0) is 22.0. The standard InChI is InChI=1S/C22H22FN3O4/c1-12-16-11-14(23)9-10-18(16)30-19(12)13(2)24-20(27)21(28)25-17-8-6-5-7-15(17)22(29)26(3)4/h5-11,13H,1-4H3,(H,24,27)(H,25,28). The Bertz CT molecular complexity index is 1140. The molecule has 0 aliphatic carbocycles. The molecule has 3 rings (SSSR count). The van der Waals surface area contributed by atoms with Crippen LogP contribution in [0.1, 0.15) is 34.6 Å². The smallest absolute Gasteiger partial charge is 0.313 e. The van der Waals surface area contributed by atoms with E-state index in [9.17, 15) is 18.8 Å². The van der Waals surface area contributed by atoms with Crippen LogP contribution in [0.25, 0.3) is 11.0 Å². The molecule has 0 saturated carbocycles. The van der Waals surface area contributed by atoms with Gasteiger partial charge in [-0.15, -0.1) is 0 Å². The van der Waals surface area contributed by atoms with E-state index >= 15 is 0 Å². The van der Waals surface area contributed by atoms with Crippen molar-refractivity contribution in [2.45, 2.75) is 19.9 Å². The molecular weight excluding hydrogens is 389 g/mol. The zero-order valence-corrected chi connectivity index (χ0v) is 17.1. The molecule has 30 heavy (non-hydrogen) atoms. The number of nitrogens with one attached hydrogen (secondary N) is 2. The fourth-order valence-corrected chi connectivity index (χ4v) is 3.15. The van der Waals surface area contributed by atoms with Crippen molar-refractivity contribution in [1.82, 2.24) is 10.2 Å². The van der Waals surface area contributed by atoms with Gasteiger partial charge in [-0.1, -0.05) is 12.1 Å². The maximum absolute atomic E-state index is 13.5. The third kappa shape index (κ3) is 4.17. The van der Waals surface area contributed by atoms with Crippen molar-refractivity contribution in [3.8, 4) is 0 Å². The Morgan fingerprint density at radius 1 is 1.07 bits per heavy atom. The molecule has 2 aromatic carbocycles. The number of furan rings is 1. The first kappa shape index (κ1) is 21.0. The summed E-state index contributed by atoms with van der Waals surface area (Å²) in [6.45, 7) is 3.42. The highest BCUT2D eigenvalue weighted by atomic mass is 19.1. The minimum absolute atomic E-state index is 0.236. The third-order valence-electron chi connectivity index (χ3n) is 4.69. The van der Waals surface area contributed by atoms with Crippen LogP contribution in [-0.4, -0.2) is 36.7 Å². The van der Waals surface area contributed by atoms with Crippen molar-refractivity contribution in [3.05, 3.63) is 65.2 Å². The molecule has 8 heteroatoms. The zero-order valence-electron chi connectivity index (χ0n) is 17.1. The molecule has 2 N–H and O–H groups in total. The summed E-state index contributed by atoms with van der Waals surface area (Å²) in [6, 6.07) is 9.97. The summed E-state index contributed by atoms with van der Waals surface area (Å²) in [4.78, 5) is 38.4. The molecule has 7 nitrogen and oxygen atoms in total. The van der Waals surface area contributed by atoms with Gasteiger partial charge in [-0.25, -0.2) is 4.39 Å². The molecule has 0 bridgehead atoms. The number of halogens is 1. The number of amides is 3. The van der Waals surface area contributed by atoms with Crippen LogP contribution in [0.4, 0.5) is 10.1 Å². The molecule has 3 aromatic rings. The second-order valence-electron chi connectivity index (χ2n) is 7.13. The van der Waals surface area contributed by atoms with Crippen LogP contribution in [0, 0.1) is 12.7 Å². The monoisotopic (exact) mass is 411 g/mol. The van der Waals surface area contributed by atoms with Crippen molar-refractivity contribution >= 4 is 34.4 Å². The highest BCUT2D eigenvalue weighted by molar-refractivity contribution is 6.40. The molecule has 1 aromatic heterocycles. The Morgan fingerprint density at radius 3 is 2.47 bits per heavy atom. The van der Waals surface area contributed by atoms with E-state index in [2.05, 4.69) is 10.6 Å². The highest BCUT2D eigenvalue weighted by Gasteiger charge is 2.23. The summed E-state index contributed by atoms with van der Waals surface area (Å²) in [7, 11) is 3.19. The van der Waals surface area contributed by atoms with Crippen LogP contribution in [0.5, 0.6) is 0 Å². The first-order chi connectivity index (χ1) is 14.2. The van der Waals surface area contributed by atoms with Crippen LogP contribution in [0.3, 0.4) is 0 Å². The predicted octanol–water partition coefficient (Wildman–Crippen LogP) is 3.40. The molecule has 0 saturated heterocycles. The topological polar surface area (TPSA) is 91.7 Å². The summed E-state index contributed by atoms with van der Waals surface area (Å²) in [5, 5.41) is 5.65. The van der Waals surface area contributed by atoms with E-state index in [1.165, 1.54) is 23.1 Å². The van der Waals surface area contributed by atoms with E-state index in [0.717, 1.165) is 0 Å². The molecule has 0 spiro atoms. The van der Waals surface area contributed by atoms with Gasteiger partial charge >= 0.3 is 11.8 Å². The summed E-state index contributed by atoms with van der Waals surface area (Å²) in [5.74, 6) is -2.06. The molecule has 3 amide bonds. The Balaban J connectivity index is 1.75. The van der Waals surface area contributed by atoms with Gasteiger partial charge in [0.05, 0.1) is 17.3 Å². The van der Waals surface area contributed by atoms with Crippen molar-refractivity contribution in [2.24, 2.45) is 0 Å². The molecule has 0 aliphatic heterocycles. The molecule has 0 radical (unpaired) electrons. The Kier molecular flexibility index (Phi) is 5.86. The van der Waals surface area contributed by atoms with Gasteiger partial charge in [0.2, 0.25) is 0 Å². The Morgan fingerprint density at radius 2 is 1.77 bits per heavy atom. The van der Waals surface area contributed by atoms with E-state index in [-0.39, 0.29) is 23.0 Å². The fraction of sp³-hybridized carbons (Fsp3) is 0.227. The van der Waals surface area contributed by atoms with Gasteiger partial charge in [-0.3, -0.25) is 14.4 Å². The second-order valence-corrected chi connectivity index (χ2v) is 7.13. The highest BCUT2D eigenvalue weighted by Crippen LogP contribution is 2.30. The first-order valence-corrected chi connectivity index (χ1v) is 9.30. The lowest BCUT2D eigenvalue weighted by molar-refractivity contribution is -0.136. The third-order valence-corrected chi connectivity index (χ3v) is 4.69. The van der Waals surface area contributed by atoms with Crippen molar-refractivity contribution in [3.63, 3.8) is 0 Å². The van der Waals surface area contributed by atoms with Crippen molar-refractivity contribution in [2.75, 3.05) is 19.4 Å². The lowest BCUT2D eigenvalue weighted by Crippen LogP contribution is -2.37. The van der Waals surface area contributed by atoms with Gasteiger partial charge in [-0.2, -0.15) is 0 Å². The normalized spacial score (nSPS) is 11.8. The average Bonchev–Trinajstić information content (AvgIpc) is 3.03. The number of fused-ring (bicyclic) bond motifs is 1. The van der Waals surface area contributed by atoms with Crippen LogP contribution >= 0.6 is 0 Å². The quantitative estimate of drug-likeness (QED) is 0.644. The molecule has 1 atom stereocenters. The number of carbonyl (C=O) groups is 3. The maximum Gasteiger partial charge on any atom is 0.313 e. The minimum atomic E-state index is -0.916. The molecule has 1 heterocycles. The van der Waals surface area contributed by atoms with Crippen molar-refractivity contribution < 1.29 is 23.2 Å². The van der Waals surface area contributed by atoms with E-state index < -0.39 is 17.9 Å². The van der Waals surface area contributed by atoms with Gasteiger partial charge in [0.1, 0.15) is 17.2 Å². The van der Waals surface area contributed by atoms with Gasteiger partial charge in [-0.05, 0) is 44.2 Å². The van der Waals surface area contributed by atoms with Gasteiger partial charge in [0.15, 0.2) is 0 Å². The minimum Gasteiger partial charge on any atom is -0.459 e. The summed E-state index contributed by atoms with van der Waals surface area (Å²) in [6.07, 6.45) is 0. The van der Waals surface area contributed by atoms with E-state index in [1.807, 2.05) is 0 Å². The number of aryl methyl sites for hydroxylation is 1. The molecule has 1 unspecified atom stereocenters. The number of hydrogen-bond donors (Lipinski definition) is 2. The second kappa shape index (κ2) is 8.36. The van der Waals surface area contributed by atoms with Crippen LogP contribution < -0.4 is 10.6 Å². The number of para-hydroxylation sites is 1. The van der Waals surface area contributed by atoms with E-state index in [4.69, 9.17) is 4.42 Å². The average molecular weight is 411 g/mol. The largest absolute Gasteiger partial charge is 0.459 e. The predicted molar refractivity (Wildman–Crippen MR) is 111 cm³/mol. The molecule has 156 valence electrons. The summed E-state index contributed by atoms with van der Waals surface area (Å²) in [5.41, 5.74) is 1.68. The first-order valence-electron chi connectivity index (χ1n) is 9.30. The maximum atomic E-state index is 13.5. The summed E-state index contributed by atoms with van der Waals surface area (Å²) < 4.78 is 19.2. The number of carbonyl (C=O) groups excluding carboxylic acids is 3. The summed E-state index contributed by atoms with van der Waals surface area (Å²) >= 11 is 0. The lowest BCUT2D eigenvalue weighted by Gasteiger charge is -2.15. The molecule has 0 fully saturated rings. The lowest BCUT2D eigenvalue weighted by atomic mass is 10.1. The van der Waals surface area contributed by atoms with Crippen LogP contribution in [0.2, 0.25) is 0 Å². The number of anilines is 1. The van der Waals surface area contributed by atoms with Gasteiger partial charge in [0.25, 0.3) is 5.91 Å². The Hall–Kier alpha value is -3.68. The number of nitrogens with zero attached hydrogens (tertiary/aromatic N) is 1. The Labute approximate surface area is 172 Å². The van der Waals surface area contributed by atoms with Crippen LogP contribution in [0.15, 0.2) is 46.9 Å². The van der Waals surface area contributed by atoms with Gasteiger partial charge < -0.3 is 20.0 Å². The molecular formula is C22H22FN3O4. The number of rotatable bonds is 4. The van der Waals surface area contributed by atoms with E-state index in [1.54, 1.807) is 52.2 Å². The van der Waals surface area contributed by atoms with Gasteiger partial charge in [0, 0.05) is 25.0 Å². The molecule has 0 aliphatic rings. The van der Waals surface area contributed by atoms with Crippen LogP contribution in [-0.2, 0) is 9.59 Å².